The number of aromatic nitrogens is 1. The van der Waals surface area contributed by atoms with E-state index in [4.69, 9.17) is 0 Å². The highest BCUT2D eigenvalue weighted by molar-refractivity contribution is 7.90. The van der Waals surface area contributed by atoms with Gasteiger partial charge in [-0.1, -0.05) is 23.5 Å². The molecule has 0 amide bonds. The highest BCUT2D eigenvalue weighted by Crippen LogP contribution is 2.34. The predicted octanol–water partition coefficient (Wildman–Crippen LogP) is 1.82. The zero-order valence-corrected chi connectivity index (χ0v) is 16.1. The van der Waals surface area contributed by atoms with E-state index in [1.54, 1.807) is 18.3 Å². The van der Waals surface area contributed by atoms with Crippen molar-refractivity contribution in [3.05, 3.63) is 40.9 Å². The van der Waals surface area contributed by atoms with Crippen molar-refractivity contribution in [2.45, 2.75) is 11.3 Å². The number of thiazole rings is 1. The van der Waals surface area contributed by atoms with Gasteiger partial charge in [0.15, 0.2) is 15.0 Å². The van der Waals surface area contributed by atoms with Gasteiger partial charge in [-0.15, -0.1) is 0 Å². The number of anilines is 1. The van der Waals surface area contributed by atoms with Gasteiger partial charge in [0.2, 0.25) is 5.78 Å². The van der Waals surface area contributed by atoms with Crippen molar-refractivity contribution in [3.8, 4) is 0 Å². The number of nitrogens with zero attached hydrogens (tertiary/aromatic N) is 2. The molecule has 2 saturated heterocycles. The van der Waals surface area contributed by atoms with Crippen LogP contribution >= 0.6 is 11.3 Å². The second-order valence-electron chi connectivity index (χ2n) is 7.05. The summed E-state index contributed by atoms with van der Waals surface area (Å²) in [7, 11) is -3.34. The highest BCUT2D eigenvalue weighted by atomic mass is 32.2. The first-order chi connectivity index (χ1) is 12.4. The summed E-state index contributed by atoms with van der Waals surface area (Å²) in [5.74, 6) is 1.17. The second kappa shape index (κ2) is 6.75. The van der Waals surface area contributed by atoms with Crippen LogP contribution in [0.25, 0.3) is 0 Å². The third kappa shape index (κ3) is 3.41. The molecule has 0 radical (unpaired) electrons. The summed E-state index contributed by atoms with van der Waals surface area (Å²) in [6.45, 7) is 4.10. The Hall–Kier alpha value is -1.77. The number of fused-ring (bicyclic) bond motifs is 1. The van der Waals surface area contributed by atoms with E-state index in [0.717, 1.165) is 37.6 Å². The van der Waals surface area contributed by atoms with E-state index in [1.807, 2.05) is 0 Å². The average Bonchev–Trinajstić information content (AvgIpc) is 3.27. The van der Waals surface area contributed by atoms with Gasteiger partial charge in [0.25, 0.3) is 0 Å². The van der Waals surface area contributed by atoms with Crippen LogP contribution in [0.2, 0.25) is 0 Å². The van der Waals surface area contributed by atoms with E-state index < -0.39 is 9.84 Å². The second-order valence-corrected chi connectivity index (χ2v) is 10.1. The van der Waals surface area contributed by atoms with Crippen LogP contribution in [-0.4, -0.2) is 51.6 Å². The number of benzene rings is 1. The van der Waals surface area contributed by atoms with Crippen LogP contribution in [0, 0.1) is 11.8 Å². The molecule has 0 bridgehead atoms. The third-order valence-electron chi connectivity index (χ3n) is 5.19. The highest BCUT2D eigenvalue weighted by Gasteiger charge is 2.35. The first-order valence-corrected chi connectivity index (χ1v) is 11.4. The van der Waals surface area contributed by atoms with Gasteiger partial charge >= 0.3 is 0 Å². The fraction of sp³-hybridized carbons (Fsp3) is 0.444. The maximum atomic E-state index is 12.8. The summed E-state index contributed by atoms with van der Waals surface area (Å²) < 4.78 is 23.4. The Morgan fingerprint density at radius 1 is 1.31 bits per heavy atom. The van der Waals surface area contributed by atoms with Crippen molar-refractivity contribution in [3.63, 3.8) is 0 Å². The van der Waals surface area contributed by atoms with E-state index >= 15 is 0 Å². The molecule has 1 N–H and O–H groups in total. The number of carbonyl (C=O) groups excluding carboxylic acids is 1. The zero-order valence-electron chi connectivity index (χ0n) is 14.5. The Kier molecular flexibility index (Phi) is 4.58. The summed E-state index contributed by atoms with van der Waals surface area (Å²) in [5, 5.41) is 4.32. The zero-order chi connectivity index (χ0) is 18.3. The topological polar surface area (TPSA) is 79.4 Å². The molecule has 2 atom stereocenters. The molecule has 3 heterocycles. The van der Waals surface area contributed by atoms with Crippen LogP contribution in [0.15, 0.2) is 35.4 Å². The minimum atomic E-state index is -3.34. The van der Waals surface area contributed by atoms with Gasteiger partial charge in [-0.3, -0.25) is 4.79 Å². The van der Waals surface area contributed by atoms with Crippen LogP contribution in [0.3, 0.4) is 0 Å². The summed E-state index contributed by atoms with van der Waals surface area (Å²) in [6, 6.07) is 6.19. The monoisotopic (exact) mass is 391 g/mol. The molecule has 2 aliphatic heterocycles. The lowest BCUT2D eigenvalue weighted by Gasteiger charge is -2.23. The largest absolute Gasteiger partial charge is 0.347 e. The molecule has 2 unspecified atom stereocenters. The standard InChI is InChI=1S/C18H21N3O3S2/c1-26(23,24)15-4-2-3-12(7-15)17(22)16-9-20-18(25-16)21-10-13-5-6-19-8-14(13)11-21/h2-4,7,9,13-14,19H,5-6,8,10-11H2,1H3. The predicted molar refractivity (Wildman–Crippen MR) is 102 cm³/mol. The van der Waals surface area contributed by atoms with Crippen molar-refractivity contribution in [2.75, 3.05) is 37.3 Å². The van der Waals surface area contributed by atoms with Crippen LogP contribution in [0.4, 0.5) is 5.13 Å². The smallest absolute Gasteiger partial charge is 0.204 e. The number of piperidine rings is 1. The summed E-state index contributed by atoms with van der Waals surface area (Å²) in [6.07, 6.45) is 3.94. The molecule has 1 aromatic heterocycles. The van der Waals surface area contributed by atoms with E-state index in [-0.39, 0.29) is 10.7 Å². The molecule has 0 aliphatic carbocycles. The van der Waals surface area contributed by atoms with Crippen molar-refractivity contribution in [1.82, 2.24) is 10.3 Å². The third-order valence-corrected chi connectivity index (χ3v) is 7.35. The molecule has 1 aromatic carbocycles. The van der Waals surface area contributed by atoms with Crippen molar-refractivity contribution in [1.29, 1.82) is 0 Å². The molecular weight excluding hydrogens is 370 g/mol. The van der Waals surface area contributed by atoms with Crippen LogP contribution in [0.5, 0.6) is 0 Å². The van der Waals surface area contributed by atoms with Crippen molar-refractivity contribution < 1.29 is 13.2 Å². The fourth-order valence-corrected chi connectivity index (χ4v) is 5.32. The van der Waals surface area contributed by atoms with Gasteiger partial charge in [0.1, 0.15) is 0 Å². The first kappa shape index (κ1) is 17.6. The van der Waals surface area contributed by atoms with Crippen LogP contribution < -0.4 is 10.2 Å². The Morgan fingerprint density at radius 3 is 2.88 bits per heavy atom. The molecule has 0 spiro atoms. The molecular formula is C18H21N3O3S2. The molecule has 6 nitrogen and oxygen atoms in total. The Morgan fingerprint density at radius 2 is 2.12 bits per heavy atom. The van der Waals surface area contributed by atoms with Crippen LogP contribution in [0.1, 0.15) is 21.7 Å². The molecule has 26 heavy (non-hydrogen) atoms. The summed E-state index contributed by atoms with van der Waals surface area (Å²) >= 11 is 1.39. The Balaban J connectivity index is 1.54. The van der Waals surface area contributed by atoms with Crippen molar-refractivity contribution in [2.24, 2.45) is 11.8 Å². The minimum Gasteiger partial charge on any atom is -0.347 e. The van der Waals surface area contributed by atoms with E-state index in [9.17, 15) is 13.2 Å². The summed E-state index contributed by atoms with van der Waals surface area (Å²) in [5.41, 5.74) is 0.377. The number of rotatable bonds is 4. The molecule has 2 fully saturated rings. The molecule has 2 aliphatic rings. The van der Waals surface area contributed by atoms with Gasteiger partial charge in [-0.05, 0) is 43.5 Å². The maximum absolute atomic E-state index is 12.8. The number of hydrogen-bond acceptors (Lipinski definition) is 7. The summed E-state index contributed by atoms with van der Waals surface area (Å²) in [4.78, 5) is 20.2. The Labute approximate surface area is 157 Å². The SMILES string of the molecule is CS(=O)(=O)c1cccc(C(=O)c2cnc(N3CC4CCNCC4C3)s2)c1. The maximum Gasteiger partial charge on any atom is 0.204 e. The van der Waals surface area contributed by atoms with Gasteiger partial charge in [0.05, 0.1) is 16.0 Å². The molecule has 138 valence electrons. The molecule has 4 rings (SSSR count). The Bertz CT molecular complexity index is 925. The molecule has 2 aromatic rings. The van der Waals surface area contributed by atoms with Gasteiger partial charge in [-0.2, -0.15) is 0 Å². The quantitative estimate of drug-likeness (QED) is 0.801. The average molecular weight is 392 g/mol. The lowest BCUT2D eigenvalue weighted by atomic mass is 9.90. The van der Waals surface area contributed by atoms with Crippen LogP contribution in [-0.2, 0) is 9.84 Å². The van der Waals surface area contributed by atoms with E-state index in [1.165, 1.54) is 29.9 Å². The van der Waals surface area contributed by atoms with E-state index in [2.05, 4.69) is 15.2 Å². The lowest BCUT2D eigenvalue weighted by Crippen LogP contribution is -2.35. The number of nitrogens with one attached hydrogen (secondary N) is 1. The van der Waals surface area contributed by atoms with Crippen molar-refractivity contribution >= 4 is 32.1 Å². The number of carbonyl (C=O) groups is 1. The fourth-order valence-electron chi connectivity index (χ4n) is 3.75. The number of ketones is 1. The minimum absolute atomic E-state index is 0.157. The van der Waals surface area contributed by atoms with Gasteiger partial charge in [-0.25, -0.2) is 13.4 Å². The first-order valence-electron chi connectivity index (χ1n) is 8.68. The van der Waals surface area contributed by atoms with Gasteiger partial charge in [0, 0.05) is 24.9 Å². The molecule has 8 heteroatoms. The van der Waals surface area contributed by atoms with E-state index in [0.29, 0.717) is 22.3 Å². The lowest BCUT2D eigenvalue weighted by molar-refractivity contribution is 0.104. The number of hydrogen-bond donors (Lipinski definition) is 1. The normalized spacial score (nSPS) is 23.0. The molecule has 0 saturated carbocycles. The number of sulfone groups is 1. The van der Waals surface area contributed by atoms with Gasteiger partial charge < -0.3 is 10.2 Å².